The average molecular weight is 346 g/mol. The zero-order valence-corrected chi connectivity index (χ0v) is 13.6. The smallest absolute Gasteiger partial charge is 0.260 e. The van der Waals surface area contributed by atoms with Crippen LogP contribution >= 0.6 is 0 Å². The minimum Gasteiger partial charge on any atom is -0.491 e. The van der Waals surface area contributed by atoms with Crippen LogP contribution in [-0.2, 0) is 0 Å². The molecule has 1 aliphatic rings. The first-order valence-electron chi connectivity index (χ1n) is 7.71. The number of aromatic nitrogens is 1. The summed E-state index contributed by atoms with van der Waals surface area (Å²) in [6.45, 7) is 1.83. The molecule has 1 amide bonds. The number of hydrogen-bond acceptors (Lipinski definition) is 6. The summed E-state index contributed by atoms with van der Waals surface area (Å²) in [4.78, 5) is 26.2. The highest BCUT2D eigenvalue weighted by Crippen LogP contribution is 2.35. The minimum atomic E-state index is -0.932. The van der Waals surface area contributed by atoms with Gasteiger partial charge in [0.05, 0.1) is 0 Å². The highest BCUT2D eigenvalue weighted by atomic mass is 16.7. The zero-order valence-electron chi connectivity index (χ0n) is 13.6. The standard InChI is InChI=1S/C17H18N2O6/c1-10-2-4-13(17(22)19-10)16(21)18-7-11(20)8-23-12-3-5-14-15(6-12)25-9-24-14/h2-6,11,20H,7-9H2,1H3,(H,18,21)(H,19,22)/t11-/m1/s1. The topological polar surface area (TPSA) is 110 Å². The number of pyridine rings is 1. The van der Waals surface area contributed by atoms with Gasteiger partial charge in [0.2, 0.25) is 6.79 Å². The van der Waals surface area contributed by atoms with Crippen molar-refractivity contribution in [3.63, 3.8) is 0 Å². The summed E-state index contributed by atoms with van der Waals surface area (Å²) in [6, 6.07) is 8.16. The number of hydrogen-bond donors (Lipinski definition) is 3. The molecule has 0 aliphatic carbocycles. The van der Waals surface area contributed by atoms with Gasteiger partial charge >= 0.3 is 0 Å². The maximum Gasteiger partial charge on any atom is 0.260 e. The lowest BCUT2D eigenvalue weighted by Gasteiger charge is -2.13. The predicted octanol–water partition coefficient (Wildman–Crippen LogP) is 0.582. The highest BCUT2D eigenvalue weighted by Gasteiger charge is 2.15. The number of carbonyl (C=O) groups is 1. The fourth-order valence-electron chi connectivity index (χ4n) is 2.27. The van der Waals surface area contributed by atoms with E-state index in [1.165, 1.54) is 6.07 Å². The molecule has 0 saturated heterocycles. The van der Waals surface area contributed by atoms with Crippen LogP contribution in [0, 0.1) is 6.92 Å². The molecule has 25 heavy (non-hydrogen) atoms. The minimum absolute atomic E-state index is 0.00510. The molecule has 0 radical (unpaired) electrons. The van der Waals surface area contributed by atoms with Crippen LogP contribution in [0.2, 0.25) is 0 Å². The highest BCUT2D eigenvalue weighted by molar-refractivity contribution is 5.93. The fraction of sp³-hybridized carbons (Fsp3) is 0.294. The molecule has 0 bridgehead atoms. The predicted molar refractivity (Wildman–Crippen MR) is 88.2 cm³/mol. The third-order valence-corrected chi connectivity index (χ3v) is 3.58. The van der Waals surface area contributed by atoms with E-state index in [4.69, 9.17) is 14.2 Å². The Bertz CT molecular complexity index is 832. The molecule has 3 rings (SSSR count). The van der Waals surface area contributed by atoms with Crippen molar-refractivity contribution in [2.45, 2.75) is 13.0 Å². The van der Waals surface area contributed by atoms with Crippen LogP contribution < -0.4 is 25.1 Å². The Morgan fingerprint density at radius 1 is 1.32 bits per heavy atom. The van der Waals surface area contributed by atoms with Gasteiger partial charge in [-0.1, -0.05) is 0 Å². The van der Waals surface area contributed by atoms with Crippen LogP contribution in [0.25, 0.3) is 0 Å². The Balaban J connectivity index is 1.48. The second-order valence-corrected chi connectivity index (χ2v) is 5.57. The number of rotatable bonds is 6. The largest absolute Gasteiger partial charge is 0.491 e. The fourth-order valence-corrected chi connectivity index (χ4v) is 2.27. The molecule has 1 aliphatic heterocycles. The number of ether oxygens (including phenoxy) is 3. The summed E-state index contributed by atoms with van der Waals surface area (Å²) in [5, 5.41) is 12.4. The molecule has 0 unspecified atom stereocenters. The molecule has 1 atom stereocenters. The maximum atomic E-state index is 12.0. The van der Waals surface area contributed by atoms with Crippen molar-refractivity contribution in [3.8, 4) is 17.2 Å². The van der Waals surface area contributed by atoms with Crippen LogP contribution in [0.5, 0.6) is 17.2 Å². The quantitative estimate of drug-likeness (QED) is 0.706. The van der Waals surface area contributed by atoms with Crippen LogP contribution in [0.1, 0.15) is 16.1 Å². The number of H-pyrrole nitrogens is 1. The second kappa shape index (κ2) is 7.27. The van der Waals surface area contributed by atoms with Gasteiger partial charge in [0, 0.05) is 18.3 Å². The van der Waals surface area contributed by atoms with Crippen molar-refractivity contribution >= 4 is 5.91 Å². The SMILES string of the molecule is Cc1ccc(C(=O)NC[C@@H](O)COc2ccc3c(c2)OCO3)c(=O)[nH]1. The summed E-state index contributed by atoms with van der Waals surface area (Å²) in [7, 11) is 0. The number of aryl methyl sites for hydroxylation is 1. The Labute approximate surface area is 143 Å². The summed E-state index contributed by atoms with van der Waals surface area (Å²) >= 11 is 0. The number of benzene rings is 1. The van der Waals surface area contributed by atoms with Gasteiger partial charge in [-0.25, -0.2) is 0 Å². The van der Waals surface area contributed by atoms with Crippen molar-refractivity contribution in [3.05, 3.63) is 51.9 Å². The number of aromatic amines is 1. The number of aliphatic hydroxyl groups is 1. The van der Waals surface area contributed by atoms with Crippen molar-refractivity contribution in [1.82, 2.24) is 10.3 Å². The number of aliphatic hydroxyl groups excluding tert-OH is 1. The molecule has 0 fully saturated rings. The van der Waals surface area contributed by atoms with Gasteiger partial charge in [-0.2, -0.15) is 0 Å². The number of carbonyl (C=O) groups excluding carboxylic acids is 1. The van der Waals surface area contributed by atoms with Gasteiger partial charge in [-0.15, -0.1) is 0 Å². The lowest BCUT2D eigenvalue weighted by Crippen LogP contribution is -2.37. The molecule has 0 spiro atoms. The number of amides is 1. The van der Waals surface area contributed by atoms with Crippen LogP contribution in [0.15, 0.2) is 35.1 Å². The first-order chi connectivity index (χ1) is 12.0. The molecule has 2 heterocycles. The molecular weight excluding hydrogens is 328 g/mol. The molecule has 8 nitrogen and oxygen atoms in total. The lowest BCUT2D eigenvalue weighted by atomic mass is 10.2. The number of fused-ring (bicyclic) bond motifs is 1. The van der Waals surface area contributed by atoms with Gasteiger partial charge in [0.15, 0.2) is 11.5 Å². The molecule has 8 heteroatoms. The van der Waals surface area contributed by atoms with Crippen molar-refractivity contribution in [2.75, 3.05) is 19.9 Å². The van der Waals surface area contributed by atoms with E-state index in [2.05, 4.69) is 10.3 Å². The molecule has 0 saturated carbocycles. The normalized spacial score (nSPS) is 13.4. The van der Waals surface area contributed by atoms with E-state index < -0.39 is 17.6 Å². The average Bonchev–Trinajstić information content (AvgIpc) is 3.05. The third-order valence-electron chi connectivity index (χ3n) is 3.58. The first kappa shape index (κ1) is 16.8. The van der Waals surface area contributed by atoms with Gasteiger partial charge in [-0.05, 0) is 31.2 Å². The van der Waals surface area contributed by atoms with Crippen LogP contribution in [0.4, 0.5) is 0 Å². The number of nitrogens with one attached hydrogen (secondary N) is 2. The second-order valence-electron chi connectivity index (χ2n) is 5.57. The van der Waals surface area contributed by atoms with E-state index in [1.807, 2.05) is 0 Å². The molecule has 1 aromatic carbocycles. The van der Waals surface area contributed by atoms with Crippen LogP contribution in [-0.4, -0.2) is 42.0 Å². The van der Waals surface area contributed by atoms with E-state index >= 15 is 0 Å². The van der Waals surface area contributed by atoms with Gasteiger partial charge in [0.25, 0.3) is 11.5 Å². The summed E-state index contributed by atoms with van der Waals surface area (Å²) < 4.78 is 15.9. The summed E-state index contributed by atoms with van der Waals surface area (Å²) in [5.74, 6) is 1.19. The van der Waals surface area contributed by atoms with Gasteiger partial charge in [0.1, 0.15) is 24.0 Å². The van der Waals surface area contributed by atoms with E-state index in [0.29, 0.717) is 22.9 Å². The van der Waals surface area contributed by atoms with Crippen molar-refractivity contribution in [1.29, 1.82) is 0 Å². The van der Waals surface area contributed by atoms with Gasteiger partial charge < -0.3 is 29.6 Å². The third kappa shape index (κ3) is 4.10. The zero-order chi connectivity index (χ0) is 17.8. The summed E-state index contributed by atoms with van der Waals surface area (Å²) in [5.41, 5.74) is 0.191. The van der Waals surface area contributed by atoms with Crippen molar-refractivity contribution < 1.29 is 24.1 Å². The summed E-state index contributed by atoms with van der Waals surface area (Å²) in [6.07, 6.45) is -0.932. The first-order valence-corrected chi connectivity index (χ1v) is 7.71. The Morgan fingerprint density at radius 3 is 2.92 bits per heavy atom. The Morgan fingerprint density at radius 2 is 2.12 bits per heavy atom. The van der Waals surface area contributed by atoms with Crippen molar-refractivity contribution in [2.24, 2.45) is 0 Å². The Hall–Kier alpha value is -3.00. The van der Waals surface area contributed by atoms with E-state index in [9.17, 15) is 14.7 Å². The van der Waals surface area contributed by atoms with E-state index in [0.717, 1.165) is 0 Å². The van der Waals surface area contributed by atoms with Gasteiger partial charge in [-0.3, -0.25) is 9.59 Å². The maximum absolute atomic E-state index is 12.0. The lowest BCUT2D eigenvalue weighted by molar-refractivity contribution is 0.0842. The Kier molecular flexibility index (Phi) is 4.90. The molecule has 132 valence electrons. The van der Waals surface area contributed by atoms with E-state index in [-0.39, 0.29) is 25.5 Å². The van der Waals surface area contributed by atoms with Crippen LogP contribution in [0.3, 0.4) is 0 Å². The monoisotopic (exact) mass is 346 g/mol. The molecule has 1 aromatic heterocycles. The molecule has 3 N–H and O–H groups in total. The van der Waals surface area contributed by atoms with E-state index in [1.54, 1.807) is 31.2 Å². The molecular formula is C17H18N2O6. The molecule has 2 aromatic rings.